The van der Waals surface area contributed by atoms with Gasteiger partial charge in [-0.1, -0.05) is 18.2 Å². The molecule has 0 atom stereocenters. The first-order chi connectivity index (χ1) is 5.30. The van der Waals surface area contributed by atoms with E-state index in [9.17, 15) is 4.79 Å². The molecule has 0 amide bonds. The maximum Gasteiger partial charge on any atom is 1.00 e. The fourth-order valence-corrected chi connectivity index (χ4v) is 0.581. The van der Waals surface area contributed by atoms with E-state index in [4.69, 9.17) is 5.11 Å². The molecule has 0 saturated heterocycles. The smallest absolute Gasteiger partial charge is 0.796 e. The number of carboxylic acid groups (broad SMARTS) is 1. The third-order valence-corrected chi connectivity index (χ3v) is 1.02. The van der Waals surface area contributed by atoms with E-state index in [0.717, 1.165) is 0 Å². The van der Waals surface area contributed by atoms with Gasteiger partial charge in [0.05, 0.1) is 5.56 Å². The number of carboxylic acids is 1. The van der Waals surface area contributed by atoms with Crippen molar-refractivity contribution < 1.29 is 39.5 Å². The van der Waals surface area contributed by atoms with Crippen LogP contribution in [0.1, 0.15) is 10.4 Å². The fraction of sp³-hybridized carbons (Fsp3) is 0.125. The molecule has 0 aliphatic heterocycles. The topological polar surface area (TPSA) is 37.3 Å². The molecule has 1 N–H and O–H groups in total. The molecule has 0 fully saturated rings. The van der Waals surface area contributed by atoms with Crippen molar-refractivity contribution in [1.82, 2.24) is 0 Å². The molecule has 0 aliphatic rings. The van der Waals surface area contributed by atoms with Gasteiger partial charge >= 0.3 is 35.5 Å². The van der Waals surface area contributed by atoms with Crippen molar-refractivity contribution >= 4 is 18.6 Å². The summed E-state index contributed by atoms with van der Waals surface area (Å²) in [5.74, 6) is -0.879. The summed E-state index contributed by atoms with van der Waals surface area (Å²) < 4.78 is 0. The normalized spacial score (nSPS) is 7.17. The molecular weight excluding hydrogens is 183 g/mol. The minimum atomic E-state index is -0.879. The second kappa shape index (κ2) is 9.13. The van der Waals surface area contributed by atoms with Crippen LogP contribution in [0.4, 0.5) is 0 Å². The Balaban J connectivity index is 0. The average Bonchev–Trinajstić information content (AvgIpc) is 2.10. The summed E-state index contributed by atoms with van der Waals surface area (Å²) in [7, 11) is 0. The van der Waals surface area contributed by atoms with Gasteiger partial charge in [0, 0.05) is 0 Å². The van der Waals surface area contributed by atoms with E-state index in [1.54, 1.807) is 36.6 Å². The van der Waals surface area contributed by atoms with Gasteiger partial charge in [-0.05, 0) is 12.1 Å². The van der Waals surface area contributed by atoms with Crippen LogP contribution in [0.15, 0.2) is 30.3 Å². The van der Waals surface area contributed by atoms with Crippen LogP contribution in [0, 0.1) is 0 Å². The van der Waals surface area contributed by atoms with E-state index in [2.05, 4.69) is 12.6 Å². The zero-order valence-electron chi connectivity index (χ0n) is 7.15. The Morgan fingerprint density at radius 1 is 1.25 bits per heavy atom. The molecule has 0 radical (unpaired) electrons. The van der Waals surface area contributed by atoms with Crippen molar-refractivity contribution in [2.24, 2.45) is 0 Å². The third-order valence-electron chi connectivity index (χ3n) is 1.02. The minimum absolute atomic E-state index is 0. The molecule has 0 bridgehead atoms. The van der Waals surface area contributed by atoms with E-state index < -0.39 is 5.97 Å². The maximum absolute atomic E-state index is 10.2. The van der Waals surface area contributed by atoms with E-state index in [-0.39, 0.29) is 29.6 Å². The molecule has 0 heterocycles. The Kier molecular flexibility index (Phi) is 11.1. The average molecular weight is 192 g/mol. The maximum atomic E-state index is 10.2. The monoisotopic (exact) mass is 192 g/mol. The van der Waals surface area contributed by atoms with Gasteiger partial charge in [0.25, 0.3) is 0 Å². The molecular formula is C8H9NaO2S. The van der Waals surface area contributed by atoms with Crippen LogP contribution < -0.4 is 29.6 Å². The predicted octanol–water partition coefficient (Wildman–Crippen LogP) is -1.45. The van der Waals surface area contributed by atoms with Gasteiger partial charge in [-0.3, -0.25) is 0 Å². The summed E-state index contributed by atoms with van der Waals surface area (Å²) >= 11 is 4.08. The van der Waals surface area contributed by atoms with Crippen LogP contribution >= 0.6 is 0 Å². The van der Waals surface area contributed by atoms with Crippen LogP contribution in [0.25, 0.3) is 0 Å². The Labute approximate surface area is 99.7 Å². The largest absolute Gasteiger partial charge is 1.00 e. The van der Waals surface area contributed by atoms with Crippen LogP contribution in [-0.4, -0.2) is 17.3 Å². The number of rotatable bonds is 1. The number of carbonyl (C=O) groups is 1. The van der Waals surface area contributed by atoms with Gasteiger partial charge < -0.3 is 17.7 Å². The molecule has 12 heavy (non-hydrogen) atoms. The van der Waals surface area contributed by atoms with Gasteiger partial charge in [-0.25, -0.2) is 4.79 Å². The van der Waals surface area contributed by atoms with Crippen LogP contribution in [0.2, 0.25) is 0 Å². The van der Waals surface area contributed by atoms with Crippen molar-refractivity contribution in [3.63, 3.8) is 0 Å². The molecule has 0 saturated carbocycles. The van der Waals surface area contributed by atoms with Crippen LogP contribution in [0.5, 0.6) is 0 Å². The molecule has 0 spiro atoms. The van der Waals surface area contributed by atoms with Gasteiger partial charge in [0.1, 0.15) is 0 Å². The van der Waals surface area contributed by atoms with Gasteiger partial charge in [0.15, 0.2) is 0 Å². The molecule has 60 valence electrons. The molecule has 1 aromatic carbocycles. The fourth-order valence-electron chi connectivity index (χ4n) is 0.581. The quantitative estimate of drug-likeness (QED) is 0.437. The Morgan fingerprint density at radius 3 is 1.92 bits per heavy atom. The summed E-state index contributed by atoms with van der Waals surface area (Å²) in [6.07, 6.45) is 1.58. The molecule has 1 rings (SSSR count). The van der Waals surface area contributed by atoms with Crippen LogP contribution in [0.3, 0.4) is 0 Å². The van der Waals surface area contributed by atoms with Gasteiger partial charge in [-0.2, -0.15) is 6.26 Å². The molecule has 2 nitrogen and oxygen atoms in total. The van der Waals surface area contributed by atoms with E-state index in [1.807, 2.05) is 0 Å². The molecule has 0 aromatic heterocycles. The first-order valence-electron chi connectivity index (χ1n) is 3.00. The Morgan fingerprint density at radius 2 is 1.67 bits per heavy atom. The first kappa shape index (κ1) is 14.6. The molecule has 0 unspecified atom stereocenters. The standard InChI is InChI=1S/C7H6O2.CH4S.Na/c8-7(9)6-4-2-1-3-5-6;1-2;/h1-5H,(H,8,9);2H,1H3;/q;;+1/p-1. The van der Waals surface area contributed by atoms with Crippen molar-refractivity contribution in [2.45, 2.75) is 0 Å². The van der Waals surface area contributed by atoms with Gasteiger partial charge in [0.2, 0.25) is 0 Å². The number of hydrogen-bond acceptors (Lipinski definition) is 2. The number of benzene rings is 1. The second-order valence-electron chi connectivity index (χ2n) is 1.67. The second-order valence-corrected chi connectivity index (χ2v) is 1.67. The SMILES string of the molecule is C[S-].O=C(O)c1ccccc1.[Na+]. The summed E-state index contributed by atoms with van der Waals surface area (Å²) in [5.41, 5.74) is 0.331. The van der Waals surface area contributed by atoms with Crippen molar-refractivity contribution in [3.8, 4) is 0 Å². The molecule has 1 aromatic rings. The summed E-state index contributed by atoms with van der Waals surface area (Å²) in [5, 5.41) is 8.38. The number of aromatic carboxylic acids is 1. The zero-order valence-corrected chi connectivity index (χ0v) is 9.97. The van der Waals surface area contributed by atoms with Gasteiger partial charge in [-0.15, -0.1) is 0 Å². The molecule has 0 aliphatic carbocycles. The minimum Gasteiger partial charge on any atom is -0.796 e. The summed E-state index contributed by atoms with van der Waals surface area (Å²) in [4.78, 5) is 10.2. The Bertz CT molecular complexity index is 214. The summed E-state index contributed by atoms with van der Waals surface area (Å²) in [6, 6.07) is 8.30. The number of hydrogen-bond donors (Lipinski definition) is 1. The third kappa shape index (κ3) is 5.66. The summed E-state index contributed by atoms with van der Waals surface area (Å²) in [6.45, 7) is 0. The van der Waals surface area contributed by atoms with Crippen molar-refractivity contribution in [3.05, 3.63) is 35.9 Å². The Hall–Kier alpha value is 0.0400. The molecule has 4 heteroatoms. The van der Waals surface area contributed by atoms with Crippen molar-refractivity contribution in [1.29, 1.82) is 0 Å². The van der Waals surface area contributed by atoms with E-state index >= 15 is 0 Å². The van der Waals surface area contributed by atoms with Crippen LogP contribution in [-0.2, 0) is 12.6 Å². The van der Waals surface area contributed by atoms with E-state index in [0.29, 0.717) is 5.56 Å². The van der Waals surface area contributed by atoms with E-state index in [1.165, 1.54) is 0 Å². The predicted molar refractivity (Wildman–Crippen MR) is 46.7 cm³/mol. The first-order valence-corrected chi connectivity index (χ1v) is 3.81. The van der Waals surface area contributed by atoms with Crippen molar-refractivity contribution in [2.75, 3.05) is 6.26 Å². The zero-order chi connectivity index (χ0) is 8.69.